The van der Waals surface area contributed by atoms with Crippen LogP contribution in [-0.4, -0.2) is 17.6 Å². The number of halogens is 3. The van der Waals surface area contributed by atoms with Crippen LogP contribution in [0.15, 0.2) is 21.8 Å². The van der Waals surface area contributed by atoms with Crippen molar-refractivity contribution < 1.29 is 9.94 Å². The number of benzene rings is 1. The highest BCUT2D eigenvalue weighted by molar-refractivity contribution is 9.10. The van der Waals surface area contributed by atoms with Gasteiger partial charge in [0.25, 0.3) is 0 Å². The Bertz CT molecular complexity index is 427. The summed E-state index contributed by atoms with van der Waals surface area (Å²) >= 11 is 15.1. The molecule has 0 aliphatic carbocycles. The van der Waals surface area contributed by atoms with Crippen molar-refractivity contribution in [3.8, 4) is 5.75 Å². The summed E-state index contributed by atoms with van der Waals surface area (Å²) in [5.74, 6) is 0.688. The molecule has 0 unspecified atom stereocenters. The second-order valence-electron chi connectivity index (χ2n) is 3.24. The van der Waals surface area contributed by atoms with Crippen molar-refractivity contribution in [3.05, 3.63) is 26.7 Å². The average Bonchev–Trinajstić information content (AvgIpc) is 2.30. The van der Waals surface area contributed by atoms with Gasteiger partial charge in [0.2, 0.25) is 0 Å². The summed E-state index contributed by atoms with van der Waals surface area (Å²) < 4.78 is 6.15. The van der Waals surface area contributed by atoms with Gasteiger partial charge in [0.1, 0.15) is 11.6 Å². The largest absolute Gasteiger partial charge is 0.492 e. The molecule has 1 aromatic carbocycles. The summed E-state index contributed by atoms with van der Waals surface area (Å²) in [6.07, 6.45) is 1.08. The van der Waals surface area contributed by atoms with Crippen LogP contribution >= 0.6 is 39.1 Å². The normalized spacial score (nSPS) is 11.6. The number of hydrogen-bond acceptors (Lipinski definition) is 3. The third kappa shape index (κ3) is 4.61. The molecule has 4 nitrogen and oxygen atoms in total. The predicted octanol–water partition coefficient (Wildman–Crippen LogP) is 3.66. The van der Waals surface area contributed by atoms with Crippen molar-refractivity contribution in [2.75, 3.05) is 6.61 Å². The Balaban J connectivity index is 2.50. The molecule has 7 heteroatoms. The Morgan fingerprint density at radius 3 is 2.76 bits per heavy atom. The molecule has 0 bridgehead atoms. The first kappa shape index (κ1) is 14.4. The van der Waals surface area contributed by atoms with Crippen LogP contribution in [-0.2, 0) is 0 Å². The van der Waals surface area contributed by atoms with Crippen LogP contribution in [0.1, 0.15) is 12.8 Å². The third-order valence-electron chi connectivity index (χ3n) is 1.94. The van der Waals surface area contributed by atoms with Gasteiger partial charge >= 0.3 is 0 Å². The smallest absolute Gasteiger partial charge is 0.139 e. The van der Waals surface area contributed by atoms with Gasteiger partial charge in [-0.3, -0.25) is 0 Å². The summed E-state index contributed by atoms with van der Waals surface area (Å²) in [6.45, 7) is 0.411. The minimum Gasteiger partial charge on any atom is -0.492 e. The lowest BCUT2D eigenvalue weighted by Gasteiger charge is -2.09. The SMILES string of the molecule is N/C(CCCOc1cc(Cl)c(Br)cc1Cl)=N/O. The van der Waals surface area contributed by atoms with Gasteiger partial charge in [0.15, 0.2) is 0 Å². The summed E-state index contributed by atoms with van der Waals surface area (Å²) in [4.78, 5) is 0. The van der Waals surface area contributed by atoms with Crippen molar-refractivity contribution in [3.63, 3.8) is 0 Å². The lowest BCUT2D eigenvalue weighted by atomic mass is 10.3. The van der Waals surface area contributed by atoms with Gasteiger partial charge in [-0.1, -0.05) is 28.4 Å². The number of nitrogens with two attached hydrogens (primary N) is 1. The first-order valence-corrected chi connectivity index (χ1v) is 6.33. The molecule has 0 aromatic heterocycles. The minimum absolute atomic E-state index is 0.175. The fourth-order valence-electron chi connectivity index (χ4n) is 1.10. The Labute approximate surface area is 117 Å². The van der Waals surface area contributed by atoms with Gasteiger partial charge in [-0.15, -0.1) is 0 Å². The van der Waals surface area contributed by atoms with E-state index in [2.05, 4.69) is 21.1 Å². The van der Waals surface area contributed by atoms with E-state index in [9.17, 15) is 0 Å². The molecule has 3 N–H and O–H groups in total. The quantitative estimate of drug-likeness (QED) is 0.214. The summed E-state index contributed by atoms with van der Waals surface area (Å²) in [7, 11) is 0. The molecule has 0 atom stereocenters. The van der Waals surface area contributed by atoms with Crippen molar-refractivity contribution in [2.45, 2.75) is 12.8 Å². The highest BCUT2D eigenvalue weighted by Crippen LogP contribution is 2.34. The summed E-state index contributed by atoms with van der Waals surface area (Å²) in [6, 6.07) is 3.31. The van der Waals surface area contributed by atoms with Crippen molar-refractivity contribution >= 4 is 45.0 Å². The monoisotopic (exact) mass is 340 g/mol. The van der Waals surface area contributed by atoms with Gasteiger partial charge in [-0.05, 0) is 28.4 Å². The van der Waals surface area contributed by atoms with Gasteiger partial charge in [-0.2, -0.15) is 0 Å². The second kappa shape index (κ2) is 6.93. The van der Waals surface area contributed by atoms with E-state index in [1.54, 1.807) is 12.1 Å². The molecule has 1 aromatic rings. The van der Waals surface area contributed by atoms with Crippen LogP contribution in [0.2, 0.25) is 10.0 Å². The lowest BCUT2D eigenvalue weighted by molar-refractivity contribution is 0.305. The Morgan fingerprint density at radius 1 is 1.41 bits per heavy atom. The van der Waals surface area contributed by atoms with E-state index in [0.717, 1.165) is 0 Å². The van der Waals surface area contributed by atoms with Gasteiger partial charge < -0.3 is 15.7 Å². The molecule has 0 saturated carbocycles. The average molecular weight is 342 g/mol. The zero-order valence-corrected chi connectivity index (χ0v) is 11.9. The zero-order valence-electron chi connectivity index (χ0n) is 8.79. The van der Waals surface area contributed by atoms with Crippen LogP contribution < -0.4 is 10.5 Å². The molecule has 0 aliphatic rings. The number of ether oxygens (including phenoxy) is 1. The van der Waals surface area contributed by atoms with Crippen LogP contribution in [0, 0.1) is 0 Å². The molecule has 0 radical (unpaired) electrons. The van der Waals surface area contributed by atoms with E-state index >= 15 is 0 Å². The van der Waals surface area contributed by atoms with E-state index in [4.69, 9.17) is 38.9 Å². The molecule has 1 rings (SSSR count). The summed E-state index contributed by atoms with van der Waals surface area (Å²) in [5, 5.41) is 12.2. The summed E-state index contributed by atoms with van der Waals surface area (Å²) in [5.41, 5.74) is 5.32. The van der Waals surface area contributed by atoms with E-state index < -0.39 is 0 Å². The molecule has 17 heavy (non-hydrogen) atoms. The number of nitrogens with zero attached hydrogens (tertiary/aromatic N) is 1. The fraction of sp³-hybridized carbons (Fsp3) is 0.300. The van der Waals surface area contributed by atoms with Crippen LogP contribution in [0.25, 0.3) is 0 Å². The molecule has 0 spiro atoms. The maximum Gasteiger partial charge on any atom is 0.139 e. The first-order valence-electron chi connectivity index (χ1n) is 4.78. The van der Waals surface area contributed by atoms with Crippen molar-refractivity contribution in [1.82, 2.24) is 0 Å². The van der Waals surface area contributed by atoms with Crippen LogP contribution in [0.3, 0.4) is 0 Å². The molecule has 0 fully saturated rings. The molecule has 0 aliphatic heterocycles. The van der Waals surface area contributed by atoms with Crippen molar-refractivity contribution in [1.29, 1.82) is 0 Å². The Hall–Kier alpha value is -0.650. The van der Waals surface area contributed by atoms with Gasteiger partial charge in [0.05, 0.1) is 16.7 Å². The van der Waals surface area contributed by atoms with E-state index in [1.807, 2.05) is 0 Å². The number of rotatable bonds is 5. The molecular weight excluding hydrogens is 331 g/mol. The van der Waals surface area contributed by atoms with Crippen molar-refractivity contribution in [2.24, 2.45) is 10.9 Å². The standard InChI is InChI=1S/C10H11BrCl2N2O2/c11-6-4-8(13)9(5-7(6)12)17-3-1-2-10(14)15-16/h4-5,16H,1-3H2,(H2,14,15). The van der Waals surface area contributed by atoms with E-state index in [1.165, 1.54) is 0 Å². The maximum atomic E-state index is 8.34. The highest BCUT2D eigenvalue weighted by Gasteiger charge is 2.06. The lowest BCUT2D eigenvalue weighted by Crippen LogP contribution is -2.12. The number of amidine groups is 1. The molecule has 94 valence electrons. The Kier molecular flexibility index (Phi) is 5.88. The first-order chi connectivity index (χ1) is 8.04. The molecule has 0 amide bonds. The van der Waals surface area contributed by atoms with Crippen LogP contribution in [0.5, 0.6) is 5.75 Å². The second-order valence-corrected chi connectivity index (χ2v) is 4.91. The van der Waals surface area contributed by atoms with E-state index in [0.29, 0.717) is 39.7 Å². The minimum atomic E-state index is 0.175. The number of oxime groups is 1. The third-order valence-corrected chi connectivity index (χ3v) is 3.43. The molecule has 0 saturated heterocycles. The topological polar surface area (TPSA) is 67.8 Å². The van der Waals surface area contributed by atoms with Crippen LogP contribution in [0.4, 0.5) is 0 Å². The predicted molar refractivity (Wildman–Crippen MR) is 72.3 cm³/mol. The van der Waals surface area contributed by atoms with Gasteiger partial charge in [0, 0.05) is 17.0 Å². The molecular formula is C10H11BrCl2N2O2. The molecule has 0 heterocycles. The maximum absolute atomic E-state index is 8.34. The van der Waals surface area contributed by atoms with Gasteiger partial charge in [-0.25, -0.2) is 0 Å². The fourth-order valence-corrected chi connectivity index (χ4v) is 1.95. The highest BCUT2D eigenvalue weighted by atomic mass is 79.9. The number of hydrogen-bond donors (Lipinski definition) is 2. The zero-order chi connectivity index (χ0) is 12.8. The Morgan fingerprint density at radius 2 is 2.12 bits per heavy atom. The van der Waals surface area contributed by atoms with E-state index in [-0.39, 0.29) is 5.84 Å².